The molecule has 0 amide bonds. The Balaban J connectivity index is 1.63. The topological polar surface area (TPSA) is 67.9 Å². The van der Waals surface area contributed by atoms with Gasteiger partial charge in [0.2, 0.25) is 0 Å². The Labute approximate surface area is 198 Å². The van der Waals surface area contributed by atoms with E-state index < -0.39 is 12.1 Å². The maximum atomic E-state index is 12.9. The molecule has 4 aromatic carbocycles. The fourth-order valence-electron chi connectivity index (χ4n) is 4.88. The molecule has 6 heteroatoms. The minimum absolute atomic E-state index is 0.0198. The van der Waals surface area contributed by atoms with Crippen molar-refractivity contribution in [3.05, 3.63) is 96.1 Å². The van der Waals surface area contributed by atoms with E-state index in [0.717, 1.165) is 32.7 Å². The minimum Gasteiger partial charge on any atom is -0.468 e. The zero-order valence-corrected chi connectivity index (χ0v) is 19.1. The van der Waals surface area contributed by atoms with E-state index in [1.54, 1.807) is 0 Å². The molecule has 1 aliphatic heterocycles. The first kappa shape index (κ1) is 22.1. The summed E-state index contributed by atoms with van der Waals surface area (Å²) in [5, 5.41) is 7.83. The van der Waals surface area contributed by atoms with Crippen molar-refractivity contribution in [1.82, 2.24) is 10.2 Å². The first-order chi connectivity index (χ1) is 16.6. The quantitative estimate of drug-likeness (QED) is 0.452. The lowest BCUT2D eigenvalue weighted by atomic mass is 9.96. The molecule has 3 atom stereocenters. The summed E-state index contributed by atoms with van der Waals surface area (Å²) in [6.07, 6.45) is -0.385. The highest BCUT2D eigenvalue weighted by atomic mass is 16.5. The second-order valence-electron chi connectivity index (χ2n) is 8.48. The normalized spacial score (nSPS) is 20.5. The zero-order valence-electron chi connectivity index (χ0n) is 19.1. The standard InChI is InChI=1S/C28H26N2O4/c1-33-24(31)17-30-26(22-13-11-18-7-3-5-9-20(18)15-22)25(28(32)34-2)29-27(30)23-14-12-19-8-4-6-10-21(19)16-23/h3-16,25-27,29H,17H2,1-2H3/t25-,26+,27+/m0/s1. The number of benzene rings is 4. The predicted molar refractivity (Wildman–Crippen MR) is 131 cm³/mol. The van der Waals surface area contributed by atoms with Crippen molar-refractivity contribution in [1.29, 1.82) is 0 Å². The number of esters is 2. The van der Waals surface area contributed by atoms with Gasteiger partial charge >= 0.3 is 11.9 Å². The van der Waals surface area contributed by atoms with Crippen LogP contribution in [0, 0.1) is 0 Å². The van der Waals surface area contributed by atoms with Gasteiger partial charge in [0, 0.05) is 0 Å². The summed E-state index contributed by atoms with van der Waals surface area (Å²) < 4.78 is 10.2. The number of methoxy groups -OCH3 is 2. The van der Waals surface area contributed by atoms with E-state index in [2.05, 4.69) is 35.6 Å². The molecule has 0 radical (unpaired) electrons. The van der Waals surface area contributed by atoms with Gasteiger partial charge in [-0.3, -0.25) is 19.8 Å². The van der Waals surface area contributed by atoms with Crippen LogP contribution in [0.4, 0.5) is 0 Å². The maximum Gasteiger partial charge on any atom is 0.324 e. The first-order valence-corrected chi connectivity index (χ1v) is 11.2. The molecule has 6 nitrogen and oxygen atoms in total. The third kappa shape index (κ3) is 4.02. The molecule has 5 rings (SSSR count). The number of rotatable bonds is 5. The van der Waals surface area contributed by atoms with Gasteiger partial charge in [0.15, 0.2) is 0 Å². The fourth-order valence-corrected chi connectivity index (χ4v) is 4.88. The number of carbonyl (C=O) groups excluding carboxylic acids is 2. The van der Waals surface area contributed by atoms with Gasteiger partial charge in [-0.05, 0) is 44.8 Å². The summed E-state index contributed by atoms with van der Waals surface area (Å²) in [5.74, 6) is -0.750. The molecule has 0 spiro atoms. The van der Waals surface area contributed by atoms with Gasteiger partial charge in [-0.25, -0.2) is 0 Å². The molecule has 0 saturated carbocycles. The largest absolute Gasteiger partial charge is 0.468 e. The lowest BCUT2D eigenvalue weighted by Gasteiger charge is -2.29. The fraction of sp³-hybridized carbons (Fsp3) is 0.214. The molecule has 34 heavy (non-hydrogen) atoms. The summed E-state index contributed by atoms with van der Waals surface area (Å²) in [6.45, 7) is 0.0198. The van der Waals surface area contributed by atoms with Gasteiger partial charge in [-0.1, -0.05) is 72.8 Å². The number of carbonyl (C=O) groups is 2. The van der Waals surface area contributed by atoms with Gasteiger partial charge in [-0.15, -0.1) is 0 Å². The van der Waals surface area contributed by atoms with Crippen molar-refractivity contribution < 1.29 is 19.1 Å². The van der Waals surface area contributed by atoms with Crippen LogP contribution in [0.5, 0.6) is 0 Å². The first-order valence-electron chi connectivity index (χ1n) is 11.2. The molecule has 1 saturated heterocycles. The second kappa shape index (κ2) is 9.25. The molecule has 0 unspecified atom stereocenters. The molecule has 0 aromatic heterocycles. The van der Waals surface area contributed by atoms with Crippen molar-refractivity contribution in [2.75, 3.05) is 20.8 Å². The molecule has 1 aliphatic rings. The smallest absolute Gasteiger partial charge is 0.324 e. The van der Waals surface area contributed by atoms with Gasteiger partial charge < -0.3 is 9.47 Å². The van der Waals surface area contributed by atoms with E-state index in [-0.39, 0.29) is 24.6 Å². The Hall–Kier alpha value is -3.74. The molecular formula is C28H26N2O4. The molecule has 4 aromatic rings. The number of fused-ring (bicyclic) bond motifs is 2. The monoisotopic (exact) mass is 454 g/mol. The van der Waals surface area contributed by atoms with Crippen LogP contribution in [0.25, 0.3) is 21.5 Å². The Morgan fingerprint density at radius 1 is 0.765 bits per heavy atom. The molecule has 0 bridgehead atoms. The minimum atomic E-state index is -0.660. The van der Waals surface area contributed by atoms with Crippen molar-refractivity contribution in [2.45, 2.75) is 18.2 Å². The highest BCUT2D eigenvalue weighted by Gasteiger charge is 2.47. The van der Waals surface area contributed by atoms with Crippen molar-refractivity contribution in [3.63, 3.8) is 0 Å². The molecule has 0 aliphatic carbocycles. The van der Waals surface area contributed by atoms with Crippen LogP contribution in [0.1, 0.15) is 23.3 Å². The van der Waals surface area contributed by atoms with Crippen molar-refractivity contribution in [2.24, 2.45) is 0 Å². The Kier molecular flexibility index (Phi) is 6.01. The van der Waals surface area contributed by atoms with Gasteiger partial charge in [0.05, 0.1) is 33.0 Å². The third-order valence-corrected chi connectivity index (χ3v) is 6.54. The lowest BCUT2D eigenvalue weighted by molar-refractivity contribution is -0.145. The van der Waals surface area contributed by atoms with E-state index in [4.69, 9.17) is 9.47 Å². The van der Waals surface area contributed by atoms with E-state index >= 15 is 0 Å². The zero-order chi connectivity index (χ0) is 23.7. The van der Waals surface area contributed by atoms with Crippen LogP contribution in [0.2, 0.25) is 0 Å². The van der Waals surface area contributed by atoms with Crippen LogP contribution in [0.3, 0.4) is 0 Å². The van der Waals surface area contributed by atoms with Crippen molar-refractivity contribution in [3.8, 4) is 0 Å². The van der Waals surface area contributed by atoms with Crippen molar-refractivity contribution >= 4 is 33.5 Å². The molecule has 1 heterocycles. The van der Waals surface area contributed by atoms with E-state index in [0.29, 0.717) is 0 Å². The van der Waals surface area contributed by atoms with Crippen LogP contribution >= 0.6 is 0 Å². The third-order valence-electron chi connectivity index (χ3n) is 6.54. The Bertz CT molecular complexity index is 1370. The summed E-state index contributed by atoms with van der Waals surface area (Å²) in [5.41, 5.74) is 1.88. The average Bonchev–Trinajstić information content (AvgIpc) is 3.26. The summed E-state index contributed by atoms with van der Waals surface area (Å²) in [4.78, 5) is 27.4. The number of ether oxygens (including phenoxy) is 2. The summed E-state index contributed by atoms with van der Waals surface area (Å²) >= 11 is 0. The second-order valence-corrected chi connectivity index (χ2v) is 8.48. The molecule has 1 fully saturated rings. The van der Waals surface area contributed by atoms with Crippen LogP contribution < -0.4 is 5.32 Å². The highest BCUT2D eigenvalue weighted by molar-refractivity contribution is 5.85. The predicted octanol–water partition coefficient (Wildman–Crippen LogP) is 4.35. The molecular weight excluding hydrogens is 428 g/mol. The number of nitrogens with zero attached hydrogens (tertiary/aromatic N) is 1. The summed E-state index contributed by atoms with van der Waals surface area (Å²) in [6, 6.07) is 27.4. The van der Waals surface area contributed by atoms with E-state index in [1.165, 1.54) is 14.2 Å². The summed E-state index contributed by atoms with van der Waals surface area (Å²) in [7, 11) is 2.76. The molecule has 1 N–H and O–H groups in total. The maximum absolute atomic E-state index is 12.9. The molecule has 172 valence electrons. The van der Waals surface area contributed by atoms with Crippen LogP contribution in [-0.2, 0) is 19.1 Å². The number of hydrogen-bond donors (Lipinski definition) is 1. The van der Waals surface area contributed by atoms with Gasteiger partial charge in [0.25, 0.3) is 0 Å². The van der Waals surface area contributed by atoms with Gasteiger partial charge in [0.1, 0.15) is 6.04 Å². The highest BCUT2D eigenvalue weighted by Crippen LogP contribution is 2.40. The lowest BCUT2D eigenvalue weighted by Crippen LogP contribution is -2.37. The van der Waals surface area contributed by atoms with Crippen LogP contribution in [0.15, 0.2) is 84.9 Å². The van der Waals surface area contributed by atoms with Gasteiger partial charge in [-0.2, -0.15) is 0 Å². The van der Waals surface area contributed by atoms with Crippen LogP contribution in [-0.4, -0.2) is 43.6 Å². The Morgan fingerprint density at radius 3 is 1.91 bits per heavy atom. The number of nitrogens with one attached hydrogen (secondary N) is 1. The SMILES string of the molecule is COC(=O)CN1[C@H](c2ccc3ccccc3c2)[C@@H](C(=O)OC)N[C@H]1c1ccc2ccccc2c1. The van der Waals surface area contributed by atoms with E-state index in [9.17, 15) is 9.59 Å². The Morgan fingerprint density at radius 2 is 1.32 bits per heavy atom. The number of hydrogen-bond acceptors (Lipinski definition) is 6. The van der Waals surface area contributed by atoms with E-state index in [1.807, 2.05) is 59.5 Å². The average molecular weight is 455 g/mol.